The van der Waals surface area contributed by atoms with Crippen molar-refractivity contribution >= 4 is 29.9 Å². The zero-order chi connectivity index (χ0) is 19.8. The zero-order valence-corrected chi connectivity index (χ0v) is 19.7. The molecule has 1 fully saturated rings. The third kappa shape index (κ3) is 7.59. The molecule has 0 aromatic heterocycles. The molecule has 4 nitrogen and oxygen atoms in total. The van der Waals surface area contributed by atoms with E-state index in [2.05, 4.69) is 45.5 Å². The van der Waals surface area contributed by atoms with Gasteiger partial charge in [0.05, 0.1) is 0 Å². The van der Waals surface area contributed by atoms with Crippen LogP contribution in [0.3, 0.4) is 0 Å². The quantitative estimate of drug-likeness (QED) is 0.347. The lowest BCUT2D eigenvalue weighted by Crippen LogP contribution is -2.41. The Morgan fingerprint density at radius 3 is 2.66 bits per heavy atom. The van der Waals surface area contributed by atoms with E-state index in [1.165, 1.54) is 18.1 Å². The number of halogens is 2. The highest BCUT2D eigenvalue weighted by Gasteiger charge is 2.22. The number of likely N-dealkylation sites (tertiary alicyclic amines) is 1. The normalized spacial score (nSPS) is 17.1. The predicted octanol–water partition coefficient (Wildman–Crippen LogP) is 4.02. The number of hydrogen-bond donors (Lipinski definition) is 1. The first-order chi connectivity index (χ1) is 13.6. The lowest BCUT2D eigenvalue weighted by Gasteiger charge is -2.24. The van der Waals surface area contributed by atoms with E-state index in [9.17, 15) is 4.39 Å². The summed E-state index contributed by atoms with van der Waals surface area (Å²) in [4.78, 5) is 8.98. The molecule has 1 unspecified atom stereocenters. The Balaban J connectivity index is 0.00000300. The molecular weight excluding hydrogens is 478 g/mol. The largest absolute Gasteiger partial charge is 0.356 e. The standard InChI is InChI=1S/C23H31FN4.HI/c1-25-23(27(2)17-20-9-6-10-22(24)15-20)26-16-21-12-14-28(18-21)13-11-19-7-4-3-5-8-19;/h3-10,15,21H,11-14,16-18H2,1-2H3,(H,25,26);1H. The first-order valence-electron chi connectivity index (χ1n) is 10.1. The first-order valence-corrected chi connectivity index (χ1v) is 10.1. The van der Waals surface area contributed by atoms with E-state index < -0.39 is 0 Å². The summed E-state index contributed by atoms with van der Waals surface area (Å²) in [5, 5.41) is 3.50. The van der Waals surface area contributed by atoms with Crippen LogP contribution in [-0.4, -0.2) is 56.0 Å². The Hall–Kier alpha value is -1.67. The summed E-state index contributed by atoms with van der Waals surface area (Å²) in [7, 11) is 3.78. The second-order valence-corrected chi connectivity index (χ2v) is 7.61. The fourth-order valence-corrected chi connectivity index (χ4v) is 3.82. The molecule has 1 aliphatic rings. The predicted molar refractivity (Wildman–Crippen MR) is 129 cm³/mol. The van der Waals surface area contributed by atoms with Gasteiger partial charge in [-0.25, -0.2) is 4.39 Å². The van der Waals surface area contributed by atoms with Crippen molar-refractivity contribution in [1.29, 1.82) is 0 Å². The van der Waals surface area contributed by atoms with E-state index in [4.69, 9.17) is 0 Å². The SMILES string of the molecule is CN=C(NCC1CCN(CCc2ccccc2)C1)N(C)Cc1cccc(F)c1.I. The fraction of sp³-hybridized carbons (Fsp3) is 0.435. The monoisotopic (exact) mass is 510 g/mol. The maximum Gasteiger partial charge on any atom is 0.193 e. The van der Waals surface area contributed by atoms with Gasteiger partial charge in [0, 0.05) is 40.3 Å². The lowest BCUT2D eigenvalue weighted by atomic mass is 10.1. The molecule has 0 amide bonds. The summed E-state index contributed by atoms with van der Waals surface area (Å²) in [5.74, 6) is 1.29. The number of nitrogens with one attached hydrogen (secondary N) is 1. The Morgan fingerprint density at radius 2 is 1.93 bits per heavy atom. The molecule has 2 aromatic rings. The molecule has 0 saturated carbocycles. The van der Waals surface area contributed by atoms with Crippen LogP contribution < -0.4 is 5.32 Å². The summed E-state index contributed by atoms with van der Waals surface area (Å²) < 4.78 is 13.4. The average molecular weight is 510 g/mol. The molecule has 0 radical (unpaired) electrons. The molecule has 0 bridgehead atoms. The van der Waals surface area contributed by atoms with E-state index in [1.54, 1.807) is 19.2 Å². The maximum atomic E-state index is 13.4. The highest BCUT2D eigenvalue weighted by atomic mass is 127. The van der Waals surface area contributed by atoms with E-state index in [1.807, 2.05) is 18.0 Å². The molecule has 29 heavy (non-hydrogen) atoms. The number of rotatable bonds is 7. The van der Waals surface area contributed by atoms with Gasteiger partial charge in [-0.1, -0.05) is 42.5 Å². The number of hydrogen-bond acceptors (Lipinski definition) is 2. The summed E-state index contributed by atoms with van der Waals surface area (Å²) in [5.41, 5.74) is 2.35. The van der Waals surface area contributed by atoms with Crippen LogP contribution in [-0.2, 0) is 13.0 Å². The van der Waals surface area contributed by atoms with Crippen LogP contribution in [0.1, 0.15) is 17.5 Å². The Labute approximate surface area is 191 Å². The molecule has 2 aromatic carbocycles. The van der Waals surface area contributed by atoms with Crippen molar-refractivity contribution in [3.05, 3.63) is 71.5 Å². The van der Waals surface area contributed by atoms with Crippen LogP contribution in [0.15, 0.2) is 59.6 Å². The fourth-order valence-electron chi connectivity index (χ4n) is 3.82. The Kier molecular flexibility index (Phi) is 9.87. The Bertz CT molecular complexity index is 768. The first kappa shape index (κ1) is 23.6. The summed E-state index contributed by atoms with van der Waals surface area (Å²) in [6.45, 7) is 4.96. The zero-order valence-electron chi connectivity index (χ0n) is 17.4. The molecular formula is C23H32FIN4. The van der Waals surface area contributed by atoms with Gasteiger partial charge in [0.15, 0.2) is 5.96 Å². The highest BCUT2D eigenvalue weighted by molar-refractivity contribution is 14.0. The van der Waals surface area contributed by atoms with Gasteiger partial charge in [0.2, 0.25) is 0 Å². The minimum atomic E-state index is -0.199. The molecule has 1 atom stereocenters. The van der Waals surface area contributed by atoms with Crippen molar-refractivity contribution in [3.8, 4) is 0 Å². The van der Waals surface area contributed by atoms with Gasteiger partial charge in [0.25, 0.3) is 0 Å². The summed E-state index contributed by atoms with van der Waals surface area (Å²) >= 11 is 0. The van der Waals surface area contributed by atoms with Crippen LogP contribution in [0.2, 0.25) is 0 Å². The lowest BCUT2D eigenvalue weighted by molar-refractivity contribution is 0.327. The van der Waals surface area contributed by atoms with E-state index >= 15 is 0 Å². The van der Waals surface area contributed by atoms with Crippen molar-refractivity contribution in [3.63, 3.8) is 0 Å². The van der Waals surface area contributed by atoms with Crippen molar-refractivity contribution < 1.29 is 4.39 Å². The molecule has 1 aliphatic heterocycles. The van der Waals surface area contributed by atoms with Gasteiger partial charge in [-0.3, -0.25) is 4.99 Å². The highest BCUT2D eigenvalue weighted by Crippen LogP contribution is 2.16. The van der Waals surface area contributed by atoms with Crippen LogP contribution >= 0.6 is 24.0 Å². The van der Waals surface area contributed by atoms with Gasteiger partial charge in [-0.2, -0.15) is 0 Å². The number of guanidine groups is 1. The average Bonchev–Trinajstić information content (AvgIpc) is 3.15. The van der Waals surface area contributed by atoms with E-state index in [-0.39, 0.29) is 29.8 Å². The smallest absolute Gasteiger partial charge is 0.193 e. The maximum absolute atomic E-state index is 13.4. The van der Waals surface area contributed by atoms with Gasteiger partial charge in [0.1, 0.15) is 5.82 Å². The van der Waals surface area contributed by atoms with E-state index in [0.29, 0.717) is 12.5 Å². The molecule has 1 saturated heterocycles. The van der Waals surface area contributed by atoms with Crippen LogP contribution in [0, 0.1) is 11.7 Å². The summed E-state index contributed by atoms with van der Waals surface area (Å²) in [6.07, 6.45) is 2.32. The second kappa shape index (κ2) is 12.1. The minimum absolute atomic E-state index is 0. The number of nitrogens with zero attached hydrogens (tertiary/aromatic N) is 3. The second-order valence-electron chi connectivity index (χ2n) is 7.61. The molecule has 3 rings (SSSR count). The van der Waals surface area contributed by atoms with Gasteiger partial charge in [-0.05, 0) is 48.6 Å². The van der Waals surface area contributed by atoms with E-state index in [0.717, 1.165) is 44.1 Å². The Morgan fingerprint density at radius 1 is 1.17 bits per heavy atom. The van der Waals surface area contributed by atoms with Crippen molar-refractivity contribution in [2.45, 2.75) is 19.4 Å². The van der Waals surface area contributed by atoms with Gasteiger partial charge in [-0.15, -0.1) is 24.0 Å². The molecule has 0 spiro atoms. The number of aliphatic imine (C=N–C) groups is 1. The third-order valence-electron chi connectivity index (χ3n) is 5.36. The number of benzene rings is 2. The van der Waals surface area contributed by atoms with Crippen LogP contribution in [0.4, 0.5) is 4.39 Å². The van der Waals surface area contributed by atoms with Crippen molar-refractivity contribution in [2.24, 2.45) is 10.9 Å². The third-order valence-corrected chi connectivity index (χ3v) is 5.36. The molecule has 1 N–H and O–H groups in total. The molecule has 158 valence electrons. The van der Waals surface area contributed by atoms with Crippen molar-refractivity contribution in [2.75, 3.05) is 40.3 Å². The molecule has 6 heteroatoms. The summed E-state index contributed by atoms with van der Waals surface area (Å²) in [6, 6.07) is 17.4. The van der Waals surface area contributed by atoms with Gasteiger partial charge < -0.3 is 15.1 Å². The minimum Gasteiger partial charge on any atom is -0.356 e. The van der Waals surface area contributed by atoms with Crippen LogP contribution in [0.25, 0.3) is 0 Å². The van der Waals surface area contributed by atoms with Crippen molar-refractivity contribution in [1.82, 2.24) is 15.1 Å². The molecule has 0 aliphatic carbocycles. The molecule has 1 heterocycles. The topological polar surface area (TPSA) is 30.9 Å². The van der Waals surface area contributed by atoms with Crippen LogP contribution in [0.5, 0.6) is 0 Å². The van der Waals surface area contributed by atoms with Gasteiger partial charge >= 0.3 is 0 Å².